The Morgan fingerprint density at radius 1 is 1.35 bits per heavy atom. The summed E-state index contributed by atoms with van der Waals surface area (Å²) < 4.78 is 36.3. The first-order valence-corrected chi connectivity index (χ1v) is 4.97. The third kappa shape index (κ3) is 8.49. The van der Waals surface area contributed by atoms with E-state index in [2.05, 4.69) is 5.32 Å². The van der Waals surface area contributed by atoms with Gasteiger partial charge in [-0.05, 0) is 20.0 Å². The smallest absolute Gasteiger partial charge is 0.406 e. The summed E-state index contributed by atoms with van der Waals surface area (Å²) in [6, 6.07) is 0. The normalized spacial score (nSPS) is 11.3. The number of hydrogen-bond acceptors (Lipinski definition) is 3. The van der Waals surface area contributed by atoms with E-state index < -0.39 is 31.1 Å². The molecule has 0 bridgehead atoms. The van der Waals surface area contributed by atoms with Gasteiger partial charge >= 0.3 is 12.1 Å². The first-order chi connectivity index (χ1) is 7.76. The number of alkyl halides is 3. The van der Waals surface area contributed by atoms with E-state index in [0.717, 1.165) is 0 Å². The van der Waals surface area contributed by atoms with Crippen molar-refractivity contribution < 1.29 is 27.9 Å². The predicted molar refractivity (Wildman–Crippen MR) is 53.4 cm³/mol. The molecule has 0 rings (SSSR count). The predicted octanol–water partition coefficient (Wildman–Crippen LogP) is 0.461. The van der Waals surface area contributed by atoms with Crippen LogP contribution in [-0.4, -0.2) is 54.7 Å². The van der Waals surface area contributed by atoms with Crippen molar-refractivity contribution in [1.29, 1.82) is 0 Å². The van der Waals surface area contributed by atoms with Crippen LogP contribution in [0.1, 0.15) is 12.8 Å². The summed E-state index contributed by atoms with van der Waals surface area (Å²) in [7, 11) is 1.65. The summed E-state index contributed by atoms with van der Waals surface area (Å²) >= 11 is 0. The topological polar surface area (TPSA) is 69.6 Å². The van der Waals surface area contributed by atoms with Crippen LogP contribution in [0.25, 0.3) is 0 Å². The largest absolute Gasteiger partial charge is 0.480 e. The van der Waals surface area contributed by atoms with Gasteiger partial charge in [0.25, 0.3) is 0 Å². The van der Waals surface area contributed by atoms with Gasteiger partial charge in [-0.25, -0.2) is 0 Å². The van der Waals surface area contributed by atoms with E-state index in [1.807, 2.05) is 0 Å². The molecule has 0 aromatic carbocycles. The number of nitrogens with one attached hydrogen (secondary N) is 1. The summed E-state index contributed by atoms with van der Waals surface area (Å²) in [5.41, 5.74) is 0. The summed E-state index contributed by atoms with van der Waals surface area (Å²) in [5, 5.41) is 11.2. The van der Waals surface area contributed by atoms with E-state index in [0.29, 0.717) is 17.9 Å². The molecule has 5 nitrogen and oxygen atoms in total. The Morgan fingerprint density at radius 3 is 2.35 bits per heavy atom. The fraction of sp³-hybridized carbons (Fsp3) is 0.778. The maximum absolute atomic E-state index is 12.1. The van der Waals surface area contributed by atoms with Crippen molar-refractivity contribution in [2.24, 2.45) is 0 Å². The van der Waals surface area contributed by atoms with Gasteiger partial charge in [-0.3, -0.25) is 9.59 Å². The highest BCUT2D eigenvalue weighted by molar-refractivity contribution is 5.81. The molecule has 2 N–H and O–H groups in total. The molecule has 0 unspecified atom stereocenters. The lowest BCUT2D eigenvalue weighted by Gasteiger charge is -2.22. The number of rotatable bonds is 7. The van der Waals surface area contributed by atoms with Gasteiger partial charge in [-0.2, -0.15) is 13.2 Å². The third-order valence-corrected chi connectivity index (χ3v) is 1.87. The van der Waals surface area contributed by atoms with E-state index in [-0.39, 0.29) is 6.42 Å². The molecule has 0 heterocycles. The second-order valence-corrected chi connectivity index (χ2v) is 3.47. The SMILES string of the molecule is CNCCCC(=O)N(CC(=O)O)CC(F)(F)F. The standard InChI is InChI=1S/C9H15F3N2O3/c1-13-4-2-3-7(15)14(5-8(16)17)6-9(10,11)12/h13H,2-6H2,1H3,(H,16,17). The fourth-order valence-electron chi connectivity index (χ4n) is 1.19. The van der Waals surface area contributed by atoms with E-state index in [1.165, 1.54) is 0 Å². The van der Waals surface area contributed by atoms with E-state index in [1.54, 1.807) is 7.05 Å². The number of halogens is 3. The maximum Gasteiger partial charge on any atom is 0.406 e. The van der Waals surface area contributed by atoms with Crippen LogP contribution in [0.15, 0.2) is 0 Å². The van der Waals surface area contributed by atoms with Crippen LogP contribution < -0.4 is 5.32 Å². The second kappa shape index (κ2) is 7.10. The molecule has 0 aromatic heterocycles. The molecule has 0 atom stereocenters. The van der Waals surface area contributed by atoms with Crippen molar-refractivity contribution in [3.05, 3.63) is 0 Å². The van der Waals surface area contributed by atoms with Gasteiger partial charge in [-0.15, -0.1) is 0 Å². The molecule has 0 fully saturated rings. The summed E-state index contributed by atoms with van der Waals surface area (Å²) in [5.74, 6) is -2.27. The summed E-state index contributed by atoms with van der Waals surface area (Å²) in [6.07, 6.45) is -4.33. The van der Waals surface area contributed by atoms with Gasteiger partial charge in [0.2, 0.25) is 5.91 Å². The number of carbonyl (C=O) groups is 2. The Balaban J connectivity index is 4.35. The lowest BCUT2D eigenvalue weighted by atomic mass is 10.2. The zero-order valence-electron chi connectivity index (χ0n) is 9.38. The summed E-state index contributed by atoms with van der Waals surface area (Å²) in [4.78, 5) is 22.0. The van der Waals surface area contributed by atoms with Crippen molar-refractivity contribution in [2.75, 3.05) is 26.7 Å². The molecule has 0 saturated heterocycles. The molecule has 17 heavy (non-hydrogen) atoms. The maximum atomic E-state index is 12.1. The highest BCUT2D eigenvalue weighted by atomic mass is 19.4. The number of nitrogens with zero attached hydrogens (tertiary/aromatic N) is 1. The minimum atomic E-state index is -4.59. The van der Waals surface area contributed by atoms with E-state index >= 15 is 0 Å². The van der Waals surface area contributed by atoms with Crippen LogP contribution in [-0.2, 0) is 9.59 Å². The van der Waals surface area contributed by atoms with E-state index in [4.69, 9.17) is 5.11 Å². The molecule has 0 saturated carbocycles. The lowest BCUT2D eigenvalue weighted by Crippen LogP contribution is -2.42. The molecule has 0 radical (unpaired) electrons. The zero-order valence-corrected chi connectivity index (χ0v) is 9.38. The van der Waals surface area contributed by atoms with Crippen LogP contribution in [0, 0.1) is 0 Å². The van der Waals surface area contributed by atoms with Crippen LogP contribution in [0.5, 0.6) is 0 Å². The molecule has 0 aromatic rings. The summed E-state index contributed by atoms with van der Waals surface area (Å²) in [6.45, 7) is -1.98. The number of amides is 1. The third-order valence-electron chi connectivity index (χ3n) is 1.87. The quantitative estimate of drug-likeness (QED) is 0.649. The number of carboxylic acid groups (broad SMARTS) is 1. The Hall–Kier alpha value is -1.31. The van der Waals surface area contributed by atoms with Crippen molar-refractivity contribution in [2.45, 2.75) is 19.0 Å². The van der Waals surface area contributed by atoms with Gasteiger partial charge < -0.3 is 15.3 Å². The van der Waals surface area contributed by atoms with Gasteiger partial charge in [0.05, 0.1) is 0 Å². The molecule has 0 spiro atoms. The monoisotopic (exact) mass is 256 g/mol. The van der Waals surface area contributed by atoms with Crippen LogP contribution in [0.3, 0.4) is 0 Å². The highest BCUT2D eigenvalue weighted by Gasteiger charge is 2.33. The van der Waals surface area contributed by atoms with Crippen molar-refractivity contribution in [3.63, 3.8) is 0 Å². The van der Waals surface area contributed by atoms with Gasteiger partial charge in [0.1, 0.15) is 13.1 Å². The molecule has 8 heteroatoms. The average Bonchev–Trinajstić information content (AvgIpc) is 2.14. The first kappa shape index (κ1) is 15.7. The molecule has 0 aliphatic heterocycles. The molecule has 100 valence electrons. The Labute approximate surface area is 96.6 Å². The number of carboxylic acids is 1. The molecule has 1 amide bonds. The Morgan fingerprint density at radius 2 is 1.94 bits per heavy atom. The Kier molecular flexibility index (Phi) is 6.55. The number of aliphatic carboxylic acids is 1. The molecular formula is C9H15F3N2O3. The second-order valence-electron chi connectivity index (χ2n) is 3.47. The van der Waals surface area contributed by atoms with Crippen LogP contribution >= 0.6 is 0 Å². The average molecular weight is 256 g/mol. The molecule has 0 aliphatic rings. The van der Waals surface area contributed by atoms with Crippen molar-refractivity contribution in [1.82, 2.24) is 10.2 Å². The molecular weight excluding hydrogens is 241 g/mol. The van der Waals surface area contributed by atoms with Crippen LogP contribution in [0.4, 0.5) is 13.2 Å². The molecule has 0 aliphatic carbocycles. The van der Waals surface area contributed by atoms with Gasteiger partial charge in [-0.1, -0.05) is 0 Å². The van der Waals surface area contributed by atoms with E-state index in [9.17, 15) is 22.8 Å². The minimum absolute atomic E-state index is 0.107. The highest BCUT2D eigenvalue weighted by Crippen LogP contribution is 2.17. The zero-order chi connectivity index (χ0) is 13.5. The van der Waals surface area contributed by atoms with Gasteiger partial charge in [0.15, 0.2) is 0 Å². The minimum Gasteiger partial charge on any atom is -0.480 e. The number of hydrogen-bond donors (Lipinski definition) is 2. The number of carbonyl (C=O) groups excluding carboxylic acids is 1. The lowest BCUT2D eigenvalue weighted by molar-refractivity contribution is -0.165. The first-order valence-electron chi connectivity index (χ1n) is 4.97. The van der Waals surface area contributed by atoms with Crippen LogP contribution in [0.2, 0.25) is 0 Å². The van der Waals surface area contributed by atoms with Gasteiger partial charge in [0, 0.05) is 6.42 Å². The Bertz CT molecular complexity index is 269. The van der Waals surface area contributed by atoms with Crippen molar-refractivity contribution >= 4 is 11.9 Å². The van der Waals surface area contributed by atoms with Crippen molar-refractivity contribution in [3.8, 4) is 0 Å². The fourth-order valence-corrected chi connectivity index (χ4v) is 1.19.